The number of piperidine rings is 1. The van der Waals surface area contributed by atoms with Gasteiger partial charge in [0.1, 0.15) is 5.52 Å². The van der Waals surface area contributed by atoms with Gasteiger partial charge in [-0.25, -0.2) is 22.7 Å². The predicted octanol–water partition coefficient (Wildman–Crippen LogP) is 2.97. The van der Waals surface area contributed by atoms with Crippen molar-refractivity contribution in [2.75, 3.05) is 31.2 Å². The quantitative estimate of drug-likeness (QED) is 0.819. The van der Waals surface area contributed by atoms with Gasteiger partial charge in [-0.2, -0.15) is 0 Å². The molecule has 0 amide bonds. The number of aromatic nitrogens is 3. The van der Waals surface area contributed by atoms with E-state index in [-0.39, 0.29) is 5.92 Å². The van der Waals surface area contributed by atoms with Crippen LogP contribution in [-0.2, 0) is 10.0 Å². The summed E-state index contributed by atoms with van der Waals surface area (Å²) >= 11 is 0. The SMILES string of the molecule is CC(C)n1cnc2c(NCC3CC3)nc(C3CCN(S(C)(=O)=O)CC3)cc21. The fraction of sp³-hybridized carbons (Fsp3) is 0.684. The third-order valence-electron chi connectivity index (χ3n) is 5.73. The van der Waals surface area contributed by atoms with Crippen molar-refractivity contribution >= 4 is 26.9 Å². The van der Waals surface area contributed by atoms with Crippen LogP contribution in [-0.4, -0.2) is 53.1 Å². The van der Waals surface area contributed by atoms with Crippen molar-refractivity contribution in [3.63, 3.8) is 0 Å². The van der Waals surface area contributed by atoms with E-state index in [1.165, 1.54) is 19.1 Å². The number of nitrogens with one attached hydrogen (secondary N) is 1. The zero-order chi connectivity index (χ0) is 19.2. The molecule has 7 nitrogen and oxygen atoms in total. The lowest BCUT2D eigenvalue weighted by Crippen LogP contribution is -2.37. The summed E-state index contributed by atoms with van der Waals surface area (Å²) in [6.07, 6.45) is 7.39. The lowest BCUT2D eigenvalue weighted by Gasteiger charge is -2.30. The fourth-order valence-corrected chi connectivity index (χ4v) is 4.71. The molecule has 2 aliphatic rings. The highest BCUT2D eigenvalue weighted by Gasteiger charge is 2.28. The molecule has 1 saturated carbocycles. The van der Waals surface area contributed by atoms with Crippen LogP contribution in [0.3, 0.4) is 0 Å². The summed E-state index contributed by atoms with van der Waals surface area (Å²) in [4.78, 5) is 9.55. The molecule has 27 heavy (non-hydrogen) atoms. The monoisotopic (exact) mass is 391 g/mol. The number of anilines is 1. The molecule has 1 aliphatic carbocycles. The Morgan fingerprint density at radius 3 is 2.52 bits per heavy atom. The smallest absolute Gasteiger partial charge is 0.211 e. The van der Waals surface area contributed by atoms with E-state index < -0.39 is 10.0 Å². The minimum absolute atomic E-state index is 0.282. The van der Waals surface area contributed by atoms with E-state index in [0.29, 0.717) is 19.1 Å². The van der Waals surface area contributed by atoms with E-state index in [1.807, 2.05) is 6.33 Å². The molecule has 1 saturated heterocycles. The number of sulfonamides is 1. The summed E-state index contributed by atoms with van der Waals surface area (Å²) in [5, 5.41) is 3.52. The maximum atomic E-state index is 11.8. The topological polar surface area (TPSA) is 80.1 Å². The second kappa shape index (κ2) is 7.05. The molecule has 2 aromatic heterocycles. The van der Waals surface area contributed by atoms with E-state index in [9.17, 15) is 8.42 Å². The van der Waals surface area contributed by atoms with Gasteiger partial charge in [0.25, 0.3) is 0 Å². The van der Waals surface area contributed by atoms with Gasteiger partial charge in [-0.05, 0) is 51.5 Å². The van der Waals surface area contributed by atoms with Crippen LogP contribution in [0.1, 0.15) is 57.2 Å². The molecule has 0 bridgehead atoms. The molecular weight excluding hydrogens is 362 g/mol. The van der Waals surface area contributed by atoms with Gasteiger partial charge in [-0.3, -0.25) is 0 Å². The Hall–Kier alpha value is -1.67. The van der Waals surface area contributed by atoms with Gasteiger partial charge >= 0.3 is 0 Å². The van der Waals surface area contributed by atoms with Gasteiger partial charge in [-0.1, -0.05) is 0 Å². The van der Waals surface area contributed by atoms with Gasteiger partial charge in [0.05, 0.1) is 18.1 Å². The molecular formula is C19H29N5O2S. The number of fused-ring (bicyclic) bond motifs is 1. The Labute approximate surface area is 161 Å². The van der Waals surface area contributed by atoms with Crippen LogP contribution in [0.5, 0.6) is 0 Å². The van der Waals surface area contributed by atoms with E-state index in [2.05, 4.69) is 34.8 Å². The fourth-order valence-electron chi connectivity index (χ4n) is 3.84. The maximum absolute atomic E-state index is 11.8. The highest BCUT2D eigenvalue weighted by Crippen LogP contribution is 2.34. The Morgan fingerprint density at radius 2 is 1.93 bits per heavy atom. The molecule has 0 atom stereocenters. The number of hydrogen-bond acceptors (Lipinski definition) is 5. The van der Waals surface area contributed by atoms with Gasteiger partial charge in [0.2, 0.25) is 10.0 Å². The Morgan fingerprint density at radius 1 is 1.22 bits per heavy atom. The summed E-state index contributed by atoms with van der Waals surface area (Å²) in [6.45, 7) is 6.40. The minimum atomic E-state index is -3.11. The molecule has 1 N–H and O–H groups in total. The average Bonchev–Trinajstić information content (AvgIpc) is 3.35. The molecule has 1 aliphatic heterocycles. The third-order valence-corrected chi connectivity index (χ3v) is 7.04. The van der Waals surface area contributed by atoms with Crippen molar-refractivity contribution in [3.05, 3.63) is 18.1 Å². The van der Waals surface area contributed by atoms with Crippen molar-refractivity contribution in [1.29, 1.82) is 0 Å². The Bertz CT molecular complexity index is 925. The zero-order valence-corrected chi connectivity index (χ0v) is 17.2. The second-order valence-electron chi connectivity index (χ2n) is 8.27. The molecule has 148 valence electrons. The third kappa shape index (κ3) is 3.96. The van der Waals surface area contributed by atoms with E-state index in [0.717, 1.165) is 47.8 Å². The summed E-state index contributed by atoms with van der Waals surface area (Å²) in [5.41, 5.74) is 3.09. The number of hydrogen-bond donors (Lipinski definition) is 1. The van der Waals surface area contributed by atoms with Gasteiger partial charge in [0, 0.05) is 37.3 Å². The van der Waals surface area contributed by atoms with Gasteiger partial charge < -0.3 is 9.88 Å². The average molecular weight is 392 g/mol. The lowest BCUT2D eigenvalue weighted by atomic mass is 9.94. The molecule has 3 heterocycles. The highest BCUT2D eigenvalue weighted by atomic mass is 32.2. The molecule has 0 aromatic carbocycles. The number of pyridine rings is 1. The predicted molar refractivity (Wildman–Crippen MR) is 108 cm³/mol. The largest absolute Gasteiger partial charge is 0.368 e. The molecule has 0 radical (unpaired) electrons. The first kappa shape index (κ1) is 18.7. The zero-order valence-electron chi connectivity index (χ0n) is 16.4. The number of nitrogens with zero attached hydrogens (tertiary/aromatic N) is 4. The van der Waals surface area contributed by atoms with Crippen LogP contribution in [0.2, 0.25) is 0 Å². The Balaban J connectivity index is 1.64. The first-order valence-electron chi connectivity index (χ1n) is 9.89. The minimum Gasteiger partial charge on any atom is -0.368 e. The molecule has 2 aromatic rings. The molecule has 0 unspecified atom stereocenters. The van der Waals surface area contributed by atoms with Gasteiger partial charge in [-0.15, -0.1) is 0 Å². The van der Waals surface area contributed by atoms with Gasteiger partial charge in [0.15, 0.2) is 5.82 Å². The van der Waals surface area contributed by atoms with Crippen LogP contribution in [0, 0.1) is 5.92 Å². The van der Waals surface area contributed by atoms with Crippen LogP contribution in [0.25, 0.3) is 11.0 Å². The molecule has 2 fully saturated rings. The summed E-state index contributed by atoms with van der Waals surface area (Å²) in [5.74, 6) is 1.92. The lowest BCUT2D eigenvalue weighted by molar-refractivity contribution is 0.319. The Kier molecular flexibility index (Phi) is 4.88. The number of imidazole rings is 1. The first-order valence-corrected chi connectivity index (χ1v) is 11.7. The van der Waals surface area contributed by atoms with Crippen LogP contribution in [0.15, 0.2) is 12.4 Å². The van der Waals surface area contributed by atoms with Crippen LogP contribution >= 0.6 is 0 Å². The van der Waals surface area contributed by atoms with Crippen molar-refractivity contribution in [1.82, 2.24) is 18.8 Å². The summed E-state index contributed by atoms with van der Waals surface area (Å²) in [7, 11) is -3.11. The second-order valence-corrected chi connectivity index (χ2v) is 10.3. The van der Waals surface area contributed by atoms with E-state index in [4.69, 9.17) is 4.98 Å². The standard InChI is InChI=1S/C19H29N5O2S/c1-13(2)24-12-21-18-17(24)10-16(22-19(18)20-11-14-4-5-14)15-6-8-23(9-7-15)27(3,25)26/h10,12-15H,4-9,11H2,1-3H3,(H,20,22). The van der Waals surface area contributed by atoms with Crippen molar-refractivity contribution in [2.24, 2.45) is 5.92 Å². The van der Waals surface area contributed by atoms with Crippen molar-refractivity contribution in [2.45, 2.75) is 51.5 Å². The maximum Gasteiger partial charge on any atom is 0.211 e. The van der Waals surface area contributed by atoms with E-state index >= 15 is 0 Å². The molecule has 4 rings (SSSR count). The van der Waals surface area contributed by atoms with E-state index in [1.54, 1.807) is 4.31 Å². The van der Waals surface area contributed by atoms with Crippen molar-refractivity contribution in [3.8, 4) is 0 Å². The first-order chi connectivity index (χ1) is 12.8. The normalized spacial score (nSPS) is 19.9. The highest BCUT2D eigenvalue weighted by molar-refractivity contribution is 7.88. The summed E-state index contributed by atoms with van der Waals surface area (Å²) in [6, 6.07) is 2.49. The van der Waals surface area contributed by atoms with Crippen molar-refractivity contribution < 1.29 is 8.42 Å². The number of rotatable bonds is 6. The van der Waals surface area contributed by atoms with Crippen LogP contribution in [0.4, 0.5) is 5.82 Å². The summed E-state index contributed by atoms with van der Waals surface area (Å²) < 4.78 is 27.3. The molecule has 0 spiro atoms. The van der Waals surface area contributed by atoms with Crippen LogP contribution < -0.4 is 5.32 Å². The molecule has 8 heteroatoms.